The Hall–Kier alpha value is -0.590. The number of hydrogen-bond acceptors (Lipinski definition) is 3. The molecule has 0 aromatic rings. The minimum Gasteiger partial charge on any atom is -0.353 e. The fourth-order valence-electron chi connectivity index (χ4n) is 0.710. The second-order valence-electron chi connectivity index (χ2n) is 2.76. The van der Waals surface area contributed by atoms with E-state index in [-0.39, 0.29) is 6.29 Å². The van der Waals surface area contributed by atoms with Gasteiger partial charge in [0.05, 0.1) is 6.07 Å². The summed E-state index contributed by atoms with van der Waals surface area (Å²) in [5.41, 5.74) is -0.755. The maximum atomic E-state index is 8.58. The normalized spacial score (nSPS) is 14.1. The van der Waals surface area contributed by atoms with Gasteiger partial charge in [-0.15, -0.1) is 0 Å². The highest BCUT2D eigenvalue weighted by Gasteiger charge is 2.20. The van der Waals surface area contributed by atoms with Crippen molar-refractivity contribution in [2.75, 3.05) is 6.61 Å². The molecule has 0 aliphatic carbocycles. The molecule has 64 valence electrons. The summed E-state index contributed by atoms with van der Waals surface area (Å²) < 4.78 is 10.4. The van der Waals surface area contributed by atoms with Crippen LogP contribution in [0.1, 0.15) is 27.7 Å². The summed E-state index contributed by atoms with van der Waals surface area (Å²) in [6.45, 7) is 7.69. The van der Waals surface area contributed by atoms with E-state index in [9.17, 15) is 0 Å². The minimum atomic E-state index is -0.755. The van der Waals surface area contributed by atoms with Crippen LogP contribution in [0.15, 0.2) is 0 Å². The Kier molecular flexibility index (Phi) is 4.09. The number of nitriles is 1. The number of rotatable bonds is 4. The van der Waals surface area contributed by atoms with Crippen molar-refractivity contribution in [2.24, 2.45) is 0 Å². The molecule has 0 N–H and O–H groups in total. The highest BCUT2D eigenvalue weighted by atomic mass is 16.7. The molecule has 0 bridgehead atoms. The molecule has 1 unspecified atom stereocenters. The van der Waals surface area contributed by atoms with E-state index in [0.717, 1.165) is 0 Å². The van der Waals surface area contributed by atoms with Gasteiger partial charge in [0.25, 0.3) is 0 Å². The van der Waals surface area contributed by atoms with Gasteiger partial charge in [-0.2, -0.15) is 5.26 Å². The van der Waals surface area contributed by atoms with Crippen molar-refractivity contribution in [1.29, 1.82) is 5.26 Å². The maximum Gasteiger partial charge on any atom is 0.156 e. The SMILES string of the molecule is CCOC(C)OC(C)(C)C#N. The Balaban J connectivity index is 3.76. The van der Waals surface area contributed by atoms with Crippen LogP contribution in [0.25, 0.3) is 0 Å². The van der Waals surface area contributed by atoms with E-state index >= 15 is 0 Å². The van der Waals surface area contributed by atoms with E-state index in [4.69, 9.17) is 14.7 Å². The summed E-state index contributed by atoms with van der Waals surface area (Å²) >= 11 is 0. The summed E-state index contributed by atoms with van der Waals surface area (Å²) in [4.78, 5) is 0. The zero-order chi connectivity index (χ0) is 8.91. The van der Waals surface area contributed by atoms with Crippen LogP contribution in [0.2, 0.25) is 0 Å². The van der Waals surface area contributed by atoms with Crippen molar-refractivity contribution in [3.05, 3.63) is 0 Å². The molecule has 0 aliphatic rings. The predicted octanol–water partition coefficient (Wildman–Crippen LogP) is 1.69. The first-order chi connectivity index (χ1) is 5.02. The Bertz CT molecular complexity index is 149. The van der Waals surface area contributed by atoms with E-state index in [1.54, 1.807) is 20.8 Å². The molecule has 0 aromatic carbocycles. The summed E-state index contributed by atoms with van der Waals surface area (Å²) in [5, 5.41) is 8.58. The van der Waals surface area contributed by atoms with Crippen LogP contribution >= 0.6 is 0 Å². The molecule has 3 nitrogen and oxygen atoms in total. The molecule has 0 radical (unpaired) electrons. The Morgan fingerprint density at radius 1 is 1.55 bits per heavy atom. The van der Waals surface area contributed by atoms with Gasteiger partial charge < -0.3 is 9.47 Å². The van der Waals surface area contributed by atoms with Crippen molar-refractivity contribution in [1.82, 2.24) is 0 Å². The number of nitrogens with zero attached hydrogens (tertiary/aromatic N) is 1. The molecular weight excluding hydrogens is 142 g/mol. The van der Waals surface area contributed by atoms with Crippen LogP contribution in [0.5, 0.6) is 0 Å². The maximum absolute atomic E-state index is 8.58. The van der Waals surface area contributed by atoms with Crippen molar-refractivity contribution in [3.8, 4) is 6.07 Å². The average Bonchev–Trinajstić information content (AvgIpc) is 1.87. The van der Waals surface area contributed by atoms with Gasteiger partial charge in [-0.05, 0) is 27.7 Å². The molecule has 0 fully saturated rings. The van der Waals surface area contributed by atoms with Crippen molar-refractivity contribution < 1.29 is 9.47 Å². The summed E-state index contributed by atoms with van der Waals surface area (Å²) in [6, 6.07) is 2.03. The van der Waals surface area contributed by atoms with Crippen LogP contribution in [-0.2, 0) is 9.47 Å². The quantitative estimate of drug-likeness (QED) is 0.583. The molecule has 0 saturated carbocycles. The lowest BCUT2D eigenvalue weighted by atomic mass is 10.2. The van der Waals surface area contributed by atoms with Gasteiger partial charge in [-0.1, -0.05) is 0 Å². The van der Waals surface area contributed by atoms with E-state index in [2.05, 4.69) is 0 Å². The second-order valence-corrected chi connectivity index (χ2v) is 2.76. The standard InChI is InChI=1S/C8H15NO2/c1-5-10-7(2)11-8(3,4)6-9/h7H,5H2,1-4H3. The van der Waals surface area contributed by atoms with Crippen LogP contribution in [-0.4, -0.2) is 18.5 Å². The third-order valence-electron chi connectivity index (χ3n) is 1.13. The summed E-state index contributed by atoms with van der Waals surface area (Å²) in [5.74, 6) is 0. The molecule has 0 heterocycles. The molecule has 1 atom stereocenters. The predicted molar refractivity (Wildman–Crippen MR) is 41.9 cm³/mol. The Morgan fingerprint density at radius 2 is 2.09 bits per heavy atom. The van der Waals surface area contributed by atoms with Gasteiger partial charge in [0.1, 0.15) is 0 Å². The molecule has 0 aliphatic heterocycles. The van der Waals surface area contributed by atoms with Gasteiger partial charge in [0.2, 0.25) is 0 Å². The number of hydrogen-bond donors (Lipinski definition) is 0. The van der Waals surface area contributed by atoms with Crippen molar-refractivity contribution in [2.45, 2.75) is 39.6 Å². The largest absolute Gasteiger partial charge is 0.353 e. The second kappa shape index (κ2) is 4.32. The van der Waals surface area contributed by atoms with Gasteiger partial charge >= 0.3 is 0 Å². The van der Waals surface area contributed by atoms with E-state index in [1.807, 2.05) is 13.0 Å². The zero-order valence-electron chi connectivity index (χ0n) is 7.55. The molecule has 3 heteroatoms. The molecule has 0 rings (SSSR count). The highest BCUT2D eigenvalue weighted by Crippen LogP contribution is 2.10. The van der Waals surface area contributed by atoms with E-state index < -0.39 is 5.60 Å². The zero-order valence-corrected chi connectivity index (χ0v) is 7.55. The van der Waals surface area contributed by atoms with Gasteiger partial charge in [-0.3, -0.25) is 0 Å². The van der Waals surface area contributed by atoms with Gasteiger partial charge in [0.15, 0.2) is 11.9 Å². The molecule has 0 amide bonds. The molecule has 0 aromatic heterocycles. The van der Waals surface area contributed by atoms with Crippen LogP contribution in [0, 0.1) is 11.3 Å². The first-order valence-electron chi connectivity index (χ1n) is 3.72. The lowest BCUT2D eigenvalue weighted by molar-refractivity contribution is -0.170. The number of ether oxygens (including phenoxy) is 2. The van der Waals surface area contributed by atoms with E-state index in [0.29, 0.717) is 6.61 Å². The third kappa shape index (κ3) is 4.77. The highest BCUT2D eigenvalue weighted by molar-refractivity contribution is 4.94. The average molecular weight is 157 g/mol. The van der Waals surface area contributed by atoms with Crippen molar-refractivity contribution >= 4 is 0 Å². The summed E-state index contributed by atoms with van der Waals surface area (Å²) in [6.07, 6.45) is -0.311. The monoisotopic (exact) mass is 157 g/mol. The Morgan fingerprint density at radius 3 is 2.45 bits per heavy atom. The van der Waals surface area contributed by atoms with Crippen LogP contribution in [0.4, 0.5) is 0 Å². The first kappa shape index (κ1) is 10.4. The topological polar surface area (TPSA) is 42.2 Å². The molecule has 11 heavy (non-hydrogen) atoms. The van der Waals surface area contributed by atoms with Gasteiger partial charge in [0, 0.05) is 6.61 Å². The van der Waals surface area contributed by atoms with Crippen molar-refractivity contribution in [3.63, 3.8) is 0 Å². The molecule has 0 saturated heterocycles. The van der Waals surface area contributed by atoms with Crippen LogP contribution < -0.4 is 0 Å². The first-order valence-corrected chi connectivity index (χ1v) is 3.72. The van der Waals surface area contributed by atoms with Crippen LogP contribution in [0.3, 0.4) is 0 Å². The Labute approximate surface area is 67.9 Å². The fraction of sp³-hybridized carbons (Fsp3) is 0.875. The minimum absolute atomic E-state index is 0.311. The fourth-order valence-corrected chi connectivity index (χ4v) is 0.710. The molecular formula is C8H15NO2. The smallest absolute Gasteiger partial charge is 0.156 e. The van der Waals surface area contributed by atoms with E-state index in [1.165, 1.54) is 0 Å². The summed E-state index contributed by atoms with van der Waals surface area (Å²) in [7, 11) is 0. The molecule has 0 spiro atoms. The van der Waals surface area contributed by atoms with Gasteiger partial charge in [-0.25, -0.2) is 0 Å². The lowest BCUT2D eigenvalue weighted by Crippen LogP contribution is -2.28. The lowest BCUT2D eigenvalue weighted by Gasteiger charge is -2.21. The third-order valence-corrected chi connectivity index (χ3v) is 1.13.